The van der Waals surface area contributed by atoms with Crippen LogP contribution in [0.15, 0.2) is 0 Å². The molecule has 0 N–H and O–H groups in total. The standard InChI is InChI=1S/C15H30N4/c1-6-18(7-2,14-11-16)12-10-13-19(8-3,9-4)15-17-5/h6-10,12-15H2,1-4H3/q+2. The molecule has 4 nitrogen and oxygen atoms in total. The van der Waals surface area contributed by atoms with Crippen LogP contribution in [0.1, 0.15) is 34.1 Å². The van der Waals surface area contributed by atoms with Gasteiger partial charge in [-0.3, -0.25) is 9.33 Å². The zero-order valence-corrected chi connectivity index (χ0v) is 13.2. The smallest absolute Gasteiger partial charge is 0.312 e. The summed E-state index contributed by atoms with van der Waals surface area (Å²) in [6.07, 6.45) is 1.10. The van der Waals surface area contributed by atoms with Crippen molar-refractivity contribution in [2.75, 3.05) is 52.5 Å². The first-order chi connectivity index (χ1) is 9.07. The Kier molecular flexibility index (Phi) is 8.39. The van der Waals surface area contributed by atoms with E-state index in [0.29, 0.717) is 13.2 Å². The van der Waals surface area contributed by atoms with Crippen LogP contribution in [-0.4, -0.2) is 61.4 Å². The molecule has 4 heteroatoms. The lowest BCUT2D eigenvalue weighted by Crippen LogP contribution is -2.52. The lowest BCUT2D eigenvalue weighted by molar-refractivity contribution is -0.937. The molecule has 0 aliphatic rings. The predicted molar refractivity (Wildman–Crippen MR) is 79.0 cm³/mol. The number of nitriles is 1. The van der Waals surface area contributed by atoms with Crippen molar-refractivity contribution in [3.05, 3.63) is 11.4 Å². The Morgan fingerprint density at radius 1 is 0.947 bits per heavy atom. The minimum atomic E-state index is 0.587. The van der Waals surface area contributed by atoms with Crippen molar-refractivity contribution in [1.82, 2.24) is 0 Å². The van der Waals surface area contributed by atoms with Gasteiger partial charge >= 0.3 is 6.67 Å². The van der Waals surface area contributed by atoms with Crippen LogP contribution in [-0.2, 0) is 0 Å². The molecule has 0 radical (unpaired) electrons. The fourth-order valence-electron chi connectivity index (χ4n) is 2.69. The minimum Gasteiger partial charge on any atom is -0.312 e. The topological polar surface area (TPSA) is 28.1 Å². The van der Waals surface area contributed by atoms with Crippen LogP contribution < -0.4 is 0 Å². The molecule has 0 aromatic carbocycles. The molecule has 108 valence electrons. The molecule has 0 atom stereocenters. The molecule has 0 unspecified atom stereocenters. The van der Waals surface area contributed by atoms with Crippen LogP contribution in [0.25, 0.3) is 4.85 Å². The Bertz CT molecular complexity index is 284. The summed E-state index contributed by atoms with van der Waals surface area (Å²) in [5.74, 6) is 0. The van der Waals surface area contributed by atoms with E-state index < -0.39 is 0 Å². The quantitative estimate of drug-likeness (QED) is 0.339. The summed E-state index contributed by atoms with van der Waals surface area (Å²) in [6.45, 7) is 23.2. The fraction of sp³-hybridized carbons (Fsp3) is 0.867. The number of quaternary nitrogens is 2. The average molecular weight is 266 g/mol. The lowest BCUT2D eigenvalue weighted by atomic mass is 10.2. The van der Waals surface area contributed by atoms with E-state index in [4.69, 9.17) is 11.8 Å². The van der Waals surface area contributed by atoms with Gasteiger partial charge < -0.3 is 4.48 Å². The molecule has 19 heavy (non-hydrogen) atoms. The van der Waals surface area contributed by atoms with Crippen molar-refractivity contribution in [2.24, 2.45) is 0 Å². The summed E-state index contributed by atoms with van der Waals surface area (Å²) >= 11 is 0. The summed E-state index contributed by atoms with van der Waals surface area (Å²) in [6, 6.07) is 2.33. The Labute approximate surface area is 119 Å². The van der Waals surface area contributed by atoms with Crippen LogP contribution in [0.4, 0.5) is 0 Å². The third-order valence-corrected chi connectivity index (χ3v) is 4.73. The van der Waals surface area contributed by atoms with Crippen LogP contribution >= 0.6 is 0 Å². The van der Waals surface area contributed by atoms with Crippen molar-refractivity contribution in [3.63, 3.8) is 0 Å². The minimum absolute atomic E-state index is 0.587. The SMILES string of the molecule is [C-]#[N+]C[N+](CC)(CC)CCC[N+](CC)(CC)CC#N. The summed E-state index contributed by atoms with van der Waals surface area (Å²) in [5, 5.41) is 8.99. The molecule has 0 bridgehead atoms. The van der Waals surface area contributed by atoms with Crippen molar-refractivity contribution < 1.29 is 8.97 Å². The molecular weight excluding hydrogens is 236 g/mol. The van der Waals surface area contributed by atoms with Gasteiger partial charge in [0.2, 0.25) is 0 Å². The molecule has 0 fully saturated rings. The zero-order valence-electron chi connectivity index (χ0n) is 13.2. The molecule has 0 aromatic heterocycles. The molecule has 0 heterocycles. The van der Waals surface area contributed by atoms with Gasteiger partial charge in [0, 0.05) is 6.42 Å². The zero-order chi connectivity index (χ0) is 14.8. The van der Waals surface area contributed by atoms with E-state index in [2.05, 4.69) is 38.6 Å². The third-order valence-electron chi connectivity index (χ3n) is 4.73. The van der Waals surface area contributed by atoms with Crippen molar-refractivity contribution in [1.29, 1.82) is 5.26 Å². The molecule has 0 aromatic rings. The average Bonchev–Trinajstić information content (AvgIpc) is 2.45. The number of nitrogens with zero attached hydrogens (tertiary/aromatic N) is 4. The van der Waals surface area contributed by atoms with Gasteiger partial charge in [0.05, 0.1) is 39.3 Å². The number of hydrogen-bond donors (Lipinski definition) is 0. The summed E-state index contributed by atoms with van der Waals surface area (Å²) in [5.41, 5.74) is 0. The van der Waals surface area contributed by atoms with Gasteiger partial charge in [-0.1, -0.05) is 0 Å². The van der Waals surface area contributed by atoms with E-state index in [-0.39, 0.29) is 0 Å². The Morgan fingerprint density at radius 3 is 1.79 bits per heavy atom. The Morgan fingerprint density at radius 2 is 1.42 bits per heavy atom. The van der Waals surface area contributed by atoms with E-state index in [1.165, 1.54) is 0 Å². The van der Waals surface area contributed by atoms with Gasteiger partial charge in [0.25, 0.3) is 0 Å². The number of rotatable bonds is 10. The molecular formula is C15H30N4+2. The summed E-state index contributed by atoms with van der Waals surface area (Å²) < 4.78 is 1.78. The highest BCUT2D eigenvalue weighted by molar-refractivity contribution is 4.68. The third kappa shape index (κ3) is 5.19. The maximum absolute atomic E-state index is 8.99. The van der Waals surface area contributed by atoms with Crippen LogP contribution in [0.5, 0.6) is 0 Å². The molecule has 0 amide bonds. The first-order valence-electron chi connectivity index (χ1n) is 7.48. The first kappa shape index (κ1) is 17.9. The molecule has 0 saturated carbocycles. The van der Waals surface area contributed by atoms with Gasteiger partial charge in [0.1, 0.15) is 6.07 Å². The van der Waals surface area contributed by atoms with E-state index >= 15 is 0 Å². The van der Waals surface area contributed by atoms with E-state index in [1.807, 2.05) is 0 Å². The molecule has 0 aliphatic carbocycles. The maximum atomic E-state index is 8.99. The second-order valence-corrected chi connectivity index (χ2v) is 5.36. The van der Waals surface area contributed by atoms with E-state index in [1.54, 1.807) is 0 Å². The molecule has 0 saturated heterocycles. The second-order valence-electron chi connectivity index (χ2n) is 5.36. The van der Waals surface area contributed by atoms with Gasteiger partial charge in [-0.15, -0.1) is 0 Å². The van der Waals surface area contributed by atoms with Crippen LogP contribution in [0, 0.1) is 17.9 Å². The normalized spacial score (nSPS) is 11.9. The van der Waals surface area contributed by atoms with Crippen molar-refractivity contribution >= 4 is 0 Å². The van der Waals surface area contributed by atoms with Gasteiger partial charge in [-0.2, -0.15) is 5.26 Å². The van der Waals surface area contributed by atoms with Gasteiger partial charge in [-0.25, -0.2) is 6.57 Å². The molecule has 0 rings (SSSR count). The lowest BCUT2D eigenvalue weighted by Gasteiger charge is -2.36. The molecule has 0 spiro atoms. The fourth-order valence-corrected chi connectivity index (χ4v) is 2.69. The monoisotopic (exact) mass is 266 g/mol. The Balaban J connectivity index is 4.54. The van der Waals surface area contributed by atoms with Gasteiger partial charge in [0.15, 0.2) is 6.54 Å². The highest BCUT2D eigenvalue weighted by atomic mass is 15.4. The van der Waals surface area contributed by atoms with Crippen molar-refractivity contribution in [2.45, 2.75) is 34.1 Å². The first-order valence-corrected chi connectivity index (χ1v) is 7.48. The number of hydrogen-bond acceptors (Lipinski definition) is 1. The van der Waals surface area contributed by atoms with Crippen molar-refractivity contribution in [3.8, 4) is 6.07 Å². The second kappa shape index (κ2) is 8.91. The predicted octanol–water partition coefficient (Wildman–Crippen LogP) is 2.49. The largest absolute Gasteiger partial charge is 0.339 e. The highest BCUT2D eigenvalue weighted by Gasteiger charge is 2.29. The summed E-state index contributed by atoms with van der Waals surface area (Å²) in [7, 11) is 0. The molecule has 0 aliphatic heterocycles. The van der Waals surface area contributed by atoms with E-state index in [0.717, 1.165) is 54.7 Å². The van der Waals surface area contributed by atoms with Gasteiger partial charge in [-0.05, 0) is 27.7 Å². The van der Waals surface area contributed by atoms with Crippen LogP contribution in [0.3, 0.4) is 0 Å². The van der Waals surface area contributed by atoms with Crippen LogP contribution in [0.2, 0.25) is 0 Å². The maximum Gasteiger partial charge on any atom is 0.339 e. The van der Waals surface area contributed by atoms with E-state index in [9.17, 15) is 0 Å². The highest BCUT2D eigenvalue weighted by Crippen LogP contribution is 2.12. The Hall–Kier alpha value is -1.10. The summed E-state index contributed by atoms with van der Waals surface area (Å²) in [4.78, 5) is 3.61.